The zero-order valence-electron chi connectivity index (χ0n) is 36.5. The molecule has 0 saturated heterocycles. The van der Waals surface area contributed by atoms with Crippen LogP contribution in [0.1, 0.15) is 25.0 Å². The van der Waals surface area contributed by atoms with Gasteiger partial charge < -0.3 is 9.13 Å². The Morgan fingerprint density at radius 3 is 1.71 bits per heavy atom. The van der Waals surface area contributed by atoms with Crippen molar-refractivity contribution in [3.63, 3.8) is 0 Å². The minimum absolute atomic E-state index is 0.200. The summed E-state index contributed by atoms with van der Waals surface area (Å²) in [4.78, 5) is 18.9. The Balaban J connectivity index is 1.12. The Morgan fingerprint density at radius 2 is 0.955 bits per heavy atom. The van der Waals surface area contributed by atoms with E-state index >= 15 is 0 Å². The molecule has 1 aliphatic carbocycles. The van der Waals surface area contributed by atoms with E-state index in [2.05, 4.69) is 246 Å². The summed E-state index contributed by atoms with van der Waals surface area (Å²) in [5.41, 5.74) is 15.2. The molecule has 0 amide bonds. The summed E-state index contributed by atoms with van der Waals surface area (Å²) in [5, 5.41) is 4.59. The maximum atomic E-state index is 5.60. The van der Waals surface area contributed by atoms with Crippen LogP contribution in [0.15, 0.2) is 218 Å². The summed E-state index contributed by atoms with van der Waals surface area (Å²) in [7, 11) is 0. The second kappa shape index (κ2) is 14.7. The lowest BCUT2D eigenvalue weighted by Crippen LogP contribution is -2.18. The Hall–Kier alpha value is -8.61. The highest BCUT2D eigenvalue weighted by atomic mass is 15.3. The quantitative estimate of drug-likeness (QED) is 0.160. The normalized spacial score (nSPS) is 12.8. The van der Waals surface area contributed by atoms with Crippen molar-refractivity contribution in [3.05, 3.63) is 230 Å². The van der Waals surface area contributed by atoms with E-state index in [0.29, 0.717) is 17.6 Å². The van der Waals surface area contributed by atoms with Gasteiger partial charge in [0.1, 0.15) is 0 Å². The first-order valence-corrected chi connectivity index (χ1v) is 22.5. The van der Waals surface area contributed by atoms with Gasteiger partial charge in [0, 0.05) is 60.7 Å². The molecule has 312 valence electrons. The molecule has 1 aliphatic rings. The average Bonchev–Trinajstić information content (AvgIpc) is 3.98. The number of para-hydroxylation sites is 6. The van der Waals surface area contributed by atoms with Crippen LogP contribution in [0, 0.1) is 0 Å². The number of hydrogen-bond acceptors (Lipinski definition) is 4. The number of nitrogens with zero attached hydrogens (tertiary/aromatic N) is 6. The molecular weight excluding hydrogens is 805 g/mol. The van der Waals surface area contributed by atoms with Crippen molar-refractivity contribution < 1.29 is 0 Å². The second-order valence-corrected chi connectivity index (χ2v) is 17.6. The minimum Gasteiger partial charge on any atom is -0.309 e. The fourth-order valence-electron chi connectivity index (χ4n) is 10.6. The SMILES string of the molecule is CC1(C)c2ccccc2-c2c(N(c3ccccc3)c3nc(-c4ccc5c(c4)c4ccccc4n5-c4ccccc4)nc(-c4cccc5c6ccccc6n(-c6ccccc6)c45)n3)cccc21. The predicted octanol–water partition coefficient (Wildman–Crippen LogP) is 15.2. The lowest BCUT2D eigenvalue weighted by molar-refractivity contribution is 0.660. The largest absolute Gasteiger partial charge is 0.309 e. The first-order chi connectivity index (χ1) is 32.5. The molecule has 9 aromatic carbocycles. The zero-order valence-corrected chi connectivity index (χ0v) is 36.5. The van der Waals surface area contributed by atoms with Crippen LogP contribution in [0.2, 0.25) is 0 Å². The Morgan fingerprint density at radius 1 is 0.409 bits per heavy atom. The van der Waals surface area contributed by atoms with Gasteiger partial charge in [-0.05, 0) is 95.6 Å². The number of rotatable bonds is 7. The van der Waals surface area contributed by atoms with Crippen molar-refractivity contribution in [3.8, 4) is 45.3 Å². The van der Waals surface area contributed by atoms with Crippen molar-refractivity contribution in [1.29, 1.82) is 0 Å². The number of anilines is 3. The monoisotopic (exact) mass is 846 g/mol. The van der Waals surface area contributed by atoms with Crippen LogP contribution in [0.25, 0.3) is 88.9 Å². The second-order valence-electron chi connectivity index (χ2n) is 17.6. The van der Waals surface area contributed by atoms with Crippen LogP contribution < -0.4 is 4.90 Å². The van der Waals surface area contributed by atoms with E-state index in [1.165, 1.54) is 27.6 Å². The van der Waals surface area contributed by atoms with Crippen LogP contribution >= 0.6 is 0 Å². The van der Waals surface area contributed by atoms with Crippen molar-refractivity contribution in [2.75, 3.05) is 4.90 Å². The Labute approximate surface area is 382 Å². The van der Waals surface area contributed by atoms with Crippen LogP contribution in [-0.4, -0.2) is 24.1 Å². The third-order valence-electron chi connectivity index (χ3n) is 13.6. The molecule has 0 spiro atoms. The third kappa shape index (κ3) is 5.71. The molecule has 0 fully saturated rings. The van der Waals surface area contributed by atoms with Crippen molar-refractivity contribution >= 4 is 60.9 Å². The van der Waals surface area contributed by atoms with Gasteiger partial charge in [-0.3, -0.25) is 4.90 Å². The number of hydrogen-bond donors (Lipinski definition) is 0. The van der Waals surface area contributed by atoms with E-state index in [9.17, 15) is 0 Å². The van der Waals surface area contributed by atoms with Crippen molar-refractivity contribution in [1.82, 2.24) is 24.1 Å². The number of aromatic nitrogens is 5. The summed E-state index contributed by atoms with van der Waals surface area (Å²) in [5.74, 6) is 1.70. The summed E-state index contributed by atoms with van der Waals surface area (Å²) >= 11 is 0. The van der Waals surface area contributed by atoms with E-state index in [0.717, 1.165) is 72.1 Å². The first kappa shape index (κ1) is 37.9. The Kier molecular flexibility index (Phi) is 8.46. The molecule has 3 aromatic heterocycles. The average molecular weight is 847 g/mol. The van der Waals surface area contributed by atoms with Gasteiger partial charge in [-0.25, -0.2) is 4.98 Å². The van der Waals surface area contributed by atoms with Crippen LogP contribution in [0.4, 0.5) is 17.3 Å². The van der Waals surface area contributed by atoms with E-state index < -0.39 is 0 Å². The van der Waals surface area contributed by atoms with Crippen molar-refractivity contribution in [2.24, 2.45) is 0 Å². The van der Waals surface area contributed by atoms with Crippen LogP contribution in [-0.2, 0) is 5.41 Å². The molecule has 0 atom stereocenters. The smallest absolute Gasteiger partial charge is 0.238 e. The van der Waals surface area contributed by atoms with Gasteiger partial charge in [0.25, 0.3) is 0 Å². The van der Waals surface area contributed by atoms with E-state index in [1.807, 2.05) is 0 Å². The van der Waals surface area contributed by atoms with Gasteiger partial charge >= 0.3 is 0 Å². The number of fused-ring (bicyclic) bond motifs is 9. The molecule has 66 heavy (non-hydrogen) atoms. The molecule has 0 unspecified atom stereocenters. The lowest BCUT2D eigenvalue weighted by atomic mass is 9.82. The molecule has 6 nitrogen and oxygen atoms in total. The fraction of sp³-hybridized carbons (Fsp3) is 0.0500. The Bertz CT molecular complexity index is 3850. The molecule has 12 aromatic rings. The standard InChI is InChI=1S/C60H42N6/c1-60(2)49-31-15-12-28-46(49)55-50(60)32-19-35-54(55)66(42-24-10-5-11-25-42)59-62-57(39-36-37-53-48(38-39)44-27-14-16-33-51(44)64(53)40-20-6-3-7-21-40)61-58(63-59)47-30-18-29-45-43-26-13-17-34-52(43)65(56(45)47)41-22-8-4-9-23-41/h3-38H,1-2H3. The highest BCUT2D eigenvalue weighted by Gasteiger charge is 2.38. The molecule has 3 heterocycles. The molecule has 0 N–H and O–H groups in total. The maximum absolute atomic E-state index is 5.60. The minimum atomic E-state index is -0.200. The van der Waals surface area contributed by atoms with E-state index in [4.69, 9.17) is 15.0 Å². The predicted molar refractivity (Wildman–Crippen MR) is 272 cm³/mol. The van der Waals surface area contributed by atoms with Crippen LogP contribution in [0.3, 0.4) is 0 Å². The lowest BCUT2D eigenvalue weighted by Gasteiger charge is -2.27. The van der Waals surface area contributed by atoms with Gasteiger partial charge in [-0.15, -0.1) is 0 Å². The molecular formula is C60H42N6. The topological polar surface area (TPSA) is 51.8 Å². The fourth-order valence-corrected chi connectivity index (χ4v) is 10.6. The summed E-state index contributed by atoms with van der Waals surface area (Å²) in [6, 6.07) is 77.6. The van der Waals surface area contributed by atoms with Gasteiger partial charge in [0.05, 0.1) is 27.8 Å². The summed E-state index contributed by atoms with van der Waals surface area (Å²) < 4.78 is 4.69. The highest BCUT2D eigenvalue weighted by Crippen LogP contribution is 2.54. The maximum Gasteiger partial charge on any atom is 0.238 e. The molecule has 0 aliphatic heterocycles. The van der Waals surface area contributed by atoms with Gasteiger partial charge in [0.15, 0.2) is 11.6 Å². The van der Waals surface area contributed by atoms with Crippen LogP contribution in [0.5, 0.6) is 0 Å². The molecule has 0 saturated carbocycles. The molecule has 0 radical (unpaired) electrons. The highest BCUT2D eigenvalue weighted by molar-refractivity contribution is 6.14. The summed E-state index contributed by atoms with van der Waals surface area (Å²) in [6.45, 7) is 4.65. The zero-order chi connectivity index (χ0) is 43.9. The third-order valence-corrected chi connectivity index (χ3v) is 13.6. The molecule has 13 rings (SSSR count). The first-order valence-electron chi connectivity index (χ1n) is 22.5. The molecule has 0 bridgehead atoms. The summed E-state index contributed by atoms with van der Waals surface area (Å²) in [6.07, 6.45) is 0. The van der Waals surface area contributed by atoms with Gasteiger partial charge in [-0.1, -0.05) is 153 Å². The van der Waals surface area contributed by atoms with Gasteiger partial charge in [0.2, 0.25) is 5.95 Å². The number of benzene rings is 9. The van der Waals surface area contributed by atoms with E-state index in [-0.39, 0.29) is 5.41 Å². The van der Waals surface area contributed by atoms with Gasteiger partial charge in [-0.2, -0.15) is 9.97 Å². The van der Waals surface area contributed by atoms with Crippen molar-refractivity contribution in [2.45, 2.75) is 19.3 Å². The van der Waals surface area contributed by atoms with E-state index in [1.54, 1.807) is 0 Å². The molecule has 6 heteroatoms.